The molecule has 2 unspecified atom stereocenters. The summed E-state index contributed by atoms with van der Waals surface area (Å²) in [7, 11) is 0. The van der Waals surface area contributed by atoms with Crippen molar-refractivity contribution in [3.63, 3.8) is 0 Å². The molecule has 1 aromatic heterocycles. The van der Waals surface area contributed by atoms with Gasteiger partial charge in [-0.2, -0.15) is 0 Å². The molecule has 1 saturated heterocycles. The number of carbonyl (C=O) groups is 1. The molecule has 2 N–H and O–H groups in total. The predicted octanol–water partition coefficient (Wildman–Crippen LogP) is 5.77. The molecule has 6 heteroatoms. The zero-order valence-corrected chi connectivity index (χ0v) is 20.7. The van der Waals surface area contributed by atoms with Crippen molar-refractivity contribution in [2.24, 2.45) is 5.92 Å². The van der Waals surface area contributed by atoms with E-state index >= 15 is 0 Å². The Hall–Kier alpha value is -3.90. The first-order chi connectivity index (χ1) is 18.2. The molecule has 0 radical (unpaired) electrons. The lowest BCUT2D eigenvalue weighted by Gasteiger charge is -2.22. The zero-order chi connectivity index (χ0) is 25.2. The van der Waals surface area contributed by atoms with Crippen LogP contribution in [0.15, 0.2) is 89.9 Å². The maximum Gasteiger partial charge on any atom is 0.319 e. The number of fused-ring (bicyclic) bond motifs is 1. The highest BCUT2D eigenvalue weighted by Gasteiger charge is 2.39. The molecular formula is C31H31N3O3. The summed E-state index contributed by atoms with van der Waals surface area (Å²) in [4.78, 5) is 25.7. The number of urea groups is 1. The second-order valence-electron chi connectivity index (χ2n) is 10.1. The number of aromatic nitrogens is 1. The van der Waals surface area contributed by atoms with Crippen LogP contribution in [-0.2, 0) is 11.3 Å². The van der Waals surface area contributed by atoms with Gasteiger partial charge in [0.15, 0.2) is 0 Å². The van der Waals surface area contributed by atoms with E-state index in [-0.39, 0.29) is 17.6 Å². The molecule has 1 saturated carbocycles. The number of anilines is 1. The topological polar surface area (TPSA) is 72.4 Å². The Morgan fingerprint density at radius 2 is 1.68 bits per heavy atom. The van der Waals surface area contributed by atoms with E-state index in [4.69, 9.17) is 4.74 Å². The lowest BCUT2D eigenvalue weighted by Crippen LogP contribution is -2.31. The van der Waals surface area contributed by atoms with Crippen LogP contribution in [0.4, 0.5) is 10.5 Å². The van der Waals surface area contributed by atoms with Crippen molar-refractivity contribution in [3.8, 4) is 11.1 Å². The van der Waals surface area contributed by atoms with Crippen molar-refractivity contribution < 1.29 is 9.53 Å². The van der Waals surface area contributed by atoms with Crippen LogP contribution in [-0.4, -0.2) is 29.9 Å². The van der Waals surface area contributed by atoms with Crippen LogP contribution in [0, 0.1) is 5.92 Å². The average molecular weight is 494 g/mol. The third-order valence-corrected chi connectivity index (χ3v) is 7.61. The molecule has 1 aliphatic heterocycles. The van der Waals surface area contributed by atoms with Gasteiger partial charge in [-0.3, -0.25) is 4.79 Å². The minimum absolute atomic E-state index is 0.00653. The lowest BCUT2D eigenvalue weighted by atomic mass is 9.97. The summed E-state index contributed by atoms with van der Waals surface area (Å²) < 4.78 is 7.25. The summed E-state index contributed by atoms with van der Waals surface area (Å²) in [6, 6.07) is 25.9. The number of hydrogen-bond acceptors (Lipinski definition) is 3. The molecular weight excluding hydrogens is 462 g/mol. The van der Waals surface area contributed by atoms with E-state index in [0.29, 0.717) is 11.8 Å². The van der Waals surface area contributed by atoms with E-state index in [1.165, 1.54) is 5.56 Å². The van der Waals surface area contributed by atoms with Crippen molar-refractivity contribution in [2.45, 2.75) is 37.8 Å². The van der Waals surface area contributed by atoms with Gasteiger partial charge in [0, 0.05) is 49.4 Å². The summed E-state index contributed by atoms with van der Waals surface area (Å²) in [5, 5.41) is 8.09. The molecule has 3 aromatic carbocycles. The van der Waals surface area contributed by atoms with Crippen LogP contribution in [0.5, 0.6) is 0 Å². The second-order valence-corrected chi connectivity index (χ2v) is 10.1. The zero-order valence-electron chi connectivity index (χ0n) is 20.7. The molecule has 6 nitrogen and oxygen atoms in total. The molecule has 2 aliphatic rings. The Morgan fingerprint density at radius 3 is 2.46 bits per heavy atom. The Labute approximate surface area is 216 Å². The number of ether oxygens (including phenoxy) is 1. The van der Waals surface area contributed by atoms with Crippen molar-refractivity contribution in [1.29, 1.82) is 0 Å². The lowest BCUT2D eigenvalue weighted by molar-refractivity contribution is 0.0609. The maximum atomic E-state index is 12.9. The Bertz CT molecular complexity index is 1470. The fourth-order valence-electron chi connectivity index (χ4n) is 5.44. The van der Waals surface area contributed by atoms with Gasteiger partial charge in [0.25, 0.3) is 5.56 Å². The van der Waals surface area contributed by atoms with Crippen molar-refractivity contribution in [3.05, 3.63) is 101 Å². The summed E-state index contributed by atoms with van der Waals surface area (Å²) >= 11 is 0. The first-order valence-corrected chi connectivity index (χ1v) is 13.1. The first-order valence-electron chi connectivity index (χ1n) is 13.1. The van der Waals surface area contributed by atoms with Gasteiger partial charge in [-0.25, -0.2) is 4.79 Å². The number of nitrogens with zero attached hydrogens (tertiary/aromatic N) is 1. The fourth-order valence-corrected chi connectivity index (χ4v) is 5.44. The Balaban J connectivity index is 1.19. The highest BCUT2D eigenvalue weighted by atomic mass is 16.5. The number of carbonyl (C=O) groups excluding carboxylic acids is 1. The van der Waals surface area contributed by atoms with E-state index in [2.05, 4.69) is 22.8 Å². The van der Waals surface area contributed by atoms with Crippen molar-refractivity contribution in [1.82, 2.24) is 9.88 Å². The predicted molar refractivity (Wildman–Crippen MR) is 147 cm³/mol. The molecule has 4 aromatic rings. The van der Waals surface area contributed by atoms with Gasteiger partial charge in [0.05, 0.1) is 5.69 Å². The van der Waals surface area contributed by atoms with Crippen LogP contribution < -0.4 is 16.2 Å². The van der Waals surface area contributed by atoms with Gasteiger partial charge >= 0.3 is 6.03 Å². The van der Waals surface area contributed by atoms with Crippen LogP contribution >= 0.6 is 0 Å². The third-order valence-electron chi connectivity index (χ3n) is 7.61. The normalized spacial score (nSPS) is 19.5. The van der Waals surface area contributed by atoms with E-state index in [1.54, 1.807) is 6.07 Å². The minimum atomic E-state index is -0.197. The summed E-state index contributed by atoms with van der Waals surface area (Å²) in [6.45, 7) is 2.28. The summed E-state index contributed by atoms with van der Waals surface area (Å²) in [5.74, 6) is 0.855. The molecule has 1 aliphatic carbocycles. The van der Waals surface area contributed by atoms with Gasteiger partial charge in [-0.05, 0) is 59.4 Å². The van der Waals surface area contributed by atoms with Crippen molar-refractivity contribution >= 4 is 22.5 Å². The Morgan fingerprint density at radius 1 is 0.919 bits per heavy atom. The number of amides is 2. The average Bonchev–Trinajstić information content (AvgIpc) is 3.70. The molecule has 6 rings (SSSR count). The van der Waals surface area contributed by atoms with Gasteiger partial charge in [-0.15, -0.1) is 0 Å². The Kier molecular flexibility index (Phi) is 6.49. The maximum absolute atomic E-state index is 12.9. The van der Waals surface area contributed by atoms with Gasteiger partial charge in [0.2, 0.25) is 0 Å². The molecule has 37 heavy (non-hydrogen) atoms. The third kappa shape index (κ3) is 5.16. The number of rotatable bonds is 6. The highest BCUT2D eigenvalue weighted by molar-refractivity contribution is 6.07. The monoisotopic (exact) mass is 493 g/mol. The summed E-state index contributed by atoms with van der Waals surface area (Å²) in [5.41, 5.74) is 3.87. The van der Waals surface area contributed by atoms with Crippen LogP contribution in [0.1, 0.15) is 30.7 Å². The molecule has 2 amide bonds. The molecule has 0 spiro atoms. The van der Waals surface area contributed by atoms with Gasteiger partial charge in [0.1, 0.15) is 0 Å². The van der Waals surface area contributed by atoms with E-state index in [9.17, 15) is 9.59 Å². The fraction of sp³-hybridized carbons (Fsp3) is 0.290. The SMILES string of the molecule is O=C(Nc1ccc(-c2ccn(CC3CCOCC3)c(=O)c2)c2ccccc12)NC1CC1c1ccccc1. The molecule has 2 fully saturated rings. The smallest absolute Gasteiger partial charge is 0.319 e. The standard InChI is InChI=1S/C31H31N3O3/c35-30-18-23(12-15-34(30)20-21-13-16-37-17-14-21)24-10-11-28(26-9-5-4-8-25(24)26)32-31(36)33-29-19-27(29)22-6-2-1-3-7-22/h1-12,15,18,21,27,29H,13-14,16-17,19-20H2,(H2,32,33,36). The first kappa shape index (κ1) is 23.5. The van der Waals surface area contributed by atoms with E-state index in [1.807, 2.05) is 71.4 Å². The molecule has 188 valence electrons. The molecule has 2 atom stereocenters. The van der Waals surface area contributed by atoms with E-state index in [0.717, 1.165) is 66.6 Å². The number of benzene rings is 3. The number of nitrogens with one attached hydrogen (secondary N) is 2. The molecule has 2 heterocycles. The van der Waals surface area contributed by atoms with Crippen LogP contribution in [0.3, 0.4) is 0 Å². The summed E-state index contributed by atoms with van der Waals surface area (Å²) in [6.07, 6.45) is 4.85. The van der Waals surface area contributed by atoms with Gasteiger partial charge < -0.3 is 19.9 Å². The minimum Gasteiger partial charge on any atom is -0.381 e. The number of pyridine rings is 1. The van der Waals surface area contributed by atoms with Crippen LogP contribution in [0.2, 0.25) is 0 Å². The highest BCUT2D eigenvalue weighted by Crippen LogP contribution is 2.40. The van der Waals surface area contributed by atoms with E-state index < -0.39 is 0 Å². The van der Waals surface area contributed by atoms with Crippen molar-refractivity contribution in [2.75, 3.05) is 18.5 Å². The quantitative estimate of drug-likeness (QED) is 0.358. The number of hydrogen-bond donors (Lipinski definition) is 2. The molecule has 0 bridgehead atoms. The second kappa shape index (κ2) is 10.2. The van der Waals surface area contributed by atoms with Gasteiger partial charge in [-0.1, -0.05) is 60.7 Å². The largest absolute Gasteiger partial charge is 0.381 e. The van der Waals surface area contributed by atoms with Crippen LogP contribution in [0.25, 0.3) is 21.9 Å².